The van der Waals surface area contributed by atoms with Crippen LogP contribution >= 0.6 is 12.4 Å². The predicted molar refractivity (Wildman–Crippen MR) is 92.8 cm³/mol. The number of rotatable bonds is 4. The summed E-state index contributed by atoms with van der Waals surface area (Å²) < 4.78 is 5.78. The van der Waals surface area contributed by atoms with Crippen molar-refractivity contribution < 1.29 is 4.74 Å². The Hall–Kier alpha value is -0.840. The molecule has 3 rings (SSSR count). The van der Waals surface area contributed by atoms with Gasteiger partial charge in [0, 0.05) is 31.9 Å². The summed E-state index contributed by atoms with van der Waals surface area (Å²) in [6.45, 7) is 7.05. The van der Waals surface area contributed by atoms with Crippen LogP contribution in [-0.4, -0.2) is 36.3 Å². The molecule has 2 heterocycles. The van der Waals surface area contributed by atoms with Gasteiger partial charge in [0.1, 0.15) is 5.82 Å². The van der Waals surface area contributed by atoms with E-state index in [-0.39, 0.29) is 24.6 Å². The summed E-state index contributed by atoms with van der Waals surface area (Å²) in [7, 11) is 0. The lowest BCUT2D eigenvalue weighted by Crippen LogP contribution is -2.45. The molecule has 2 fully saturated rings. The van der Waals surface area contributed by atoms with Gasteiger partial charge in [0.2, 0.25) is 0 Å². The predicted octanol–water partition coefficient (Wildman–Crippen LogP) is 3.15. The molecule has 4 nitrogen and oxygen atoms in total. The van der Waals surface area contributed by atoms with Crippen molar-refractivity contribution in [2.45, 2.75) is 64.3 Å². The van der Waals surface area contributed by atoms with Crippen molar-refractivity contribution in [1.82, 2.24) is 10.3 Å². The van der Waals surface area contributed by atoms with Gasteiger partial charge in [0.05, 0.1) is 12.2 Å². The second kappa shape index (κ2) is 8.14. The first-order valence-electron chi connectivity index (χ1n) is 8.29. The molecule has 1 aromatic rings. The number of anilines is 1. The first-order valence-corrected chi connectivity index (χ1v) is 8.29. The van der Waals surface area contributed by atoms with Gasteiger partial charge in [0.25, 0.3) is 0 Å². The summed E-state index contributed by atoms with van der Waals surface area (Å²) in [6.07, 6.45) is 7.98. The summed E-state index contributed by atoms with van der Waals surface area (Å²) in [6, 6.07) is 5.07. The van der Waals surface area contributed by atoms with E-state index >= 15 is 0 Å². The quantitative estimate of drug-likeness (QED) is 0.922. The van der Waals surface area contributed by atoms with Crippen LogP contribution in [0, 0.1) is 0 Å². The highest BCUT2D eigenvalue weighted by Crippen LogP contribution is 2.20. The first kappa shape index (κ1) is 17.5. The Kier molecular flexibility index (Phi) is 6.48. The molecule has 124 valence electrons. The van der Waals surface area contributed by atoms with Gasteiger partial charge >= 0.3 is 0 Å². The molecule has 1 aliphatic carbocycles. The normalized spacial score (nSPS) is 26.0. The summed E-state index contributed by atoms with van der Waals surface area (Å²) in [5.74, 6) is 1.07. The average molecular weight is 326 g/mol. The summed E-state index contributed by atoms with van der Waals surface area (Å²) in [4.78, 5) is 6.97. The molecule has 0 radical (unpaired) electrons. The Labute approximate surface area is 140 Å². The lowest BCUT2D eigenvalue weighted by molar-refractivity contribution is -0.00545. The van der Waals surface area contributed by atoms with E-state index in [1.165, 1.54) is 31.2 Å². The Bertz CT molecular complexity index is 438. The van der Waals surface area contributed by atoms with Crippen molar-refractivity contribution in [1.29, 1.82) is 0 Å². The first-order chi connectivity index (χ1) is 10.2. The van der Waals surface area contributed by atoms with Gasteiger partial charge in [-0.3, -0.25) is 0 Å². The third-order valence-electron chi connectivity index (χ3n) is 4.50. The highest BCUT2D eigenvalue weighted by molar-refractivity contribution is 5.85. The lowest BCUT2D eigenvalue weighted by Gasteiger charge is -2.36. The molecule has 0 spiro atoms. The fourth-order valence-corrected chi connectivity index (χ4v) is 3.47. The standard InChI is InChI=1S/C17H27N3O.ClH/c1-13-11-20(12-14(2)21-13)17-8-7-15(10-19-17)9-18-16-5-3-4-6-16;/h7-8,10,13-14,16,18H,3-6,9,11-12H2,1-2H3;1H. The minimum Gasteiger partial charge on any atom is -0.372 e. The summed E-state index contributed by atoms with van der Waals surface area (Å²) in [5.41, 5.74) is 1.28. The highest BCUT2D eigenvalue weighted by Gasteiger charge is 2.23. The van der Waals surface area contributed by atoms with Gasteiger partial charge in [-0.25, -0.2) is 4.98 Å². The Morgan fingerprint density at radius 2 is 1.86 bits per heavy atom. The number of halogens is 1. The fourth-order valence-electron chi connectivity index (χ4n) is 3.47. The number of pyridine rings is 1. The summed E-state index contributed by atoms with van der Waals surface area (Å²) in [5, 5.41) is 3.64. The SMILES string of the molecule is CC1CN(c2ccc(CNC3CCCC3)cn2)CC(C)O1.Cl. The molecular formula is C17H28ClN3O. The smallest absolute Gasteiger partial charge is 0.128 e. The fraction of sp³-hybridized carbons (Fsp3) is 0.706. The number of ether oxygens (including phenoxy) is 1. The van der Waals surface area contributed by atoms with Crippen LogP contribution in [0.1, 0.15) is 45.1 Å². The maximum Gasteiger partial charge on any atom is 0.128 e. The van der Waals surface area contributed by atoms with E-state index in [1.807, 2.05) is 6.20 Å². The minimum absolute atomic E-state index is 0. The maximum atomic E-state index is 5.78. The molecule has 1 saturated carbocycles. The molecule has 0 bridgehead atoms. The molecule has 2 atom stereocenters. The van der Waals surface area contributed by atoms with Gasteiger partial charge < -0.3 is 15.0 Å². The van der Waals surface area contributed by atoms with Crippen LogP contribution in [0.3, 0.4) is 0 Å². The third kappa shape index (κ3) is 4.58. The van der Waals surface area contributed by atoms with Gasteiger partial charge in [0.15, 0.2) is 0 Å². The third-order valence-corrected chi connectivity index (χ3v) is 4.50. The Morgan fingerprint density at radius 3 is 2.45 bits per heavy atom. The van der Waals surface area contributed by atoms with Crippen molar-refractivity contribution in [3.63, 3.8) is 0 Å². The van der Waals surface area contributed by atoms with E-state index in [9.17, 15) is 0 Å². The second-order valence-electron chi connectivity index (χ2n) is 6.55. The van der Waals surface area contributed by atoms with Crippen LogP contribution in [0.2, 0.25) is 0 Å². The van der Waals surface area contributed by atoms with E-state index in [0.29, 0.717) is 6.04 Å². The Balaban J connectivity index is 0.00000176. The van der Waals surface area contributed by atoms with Crippen molar-refractivity contribution in [2.75, 3.05) is 18.0 Å². The molecule has 0 aromatic carbocycles. The lowest BCUT2D eigenvalue weighted by atomic mass is 10.2. The molecule has 1 saturated heterocycles. The minimum atomic E-state index is 0. The zero-order valence-corrected chi connectivity index (χ0v) is 14.4. The molecule has 0 amide bonds. The van der Waals surface area contributed by atoms with Gasteiger partial charge in [-0.2, -0.15) is 0 Å². The van der Waals surface area contributed by atoms with E-state index in [1.54, 1.807) is 0 Å². The maximum absolute atomic E-state index is 5.78. The van der Waals surface area contributed by atoms with Crippen LogP contribution in [0.25, 0.3) is 0 Å². The Morgan fingerprint density at radius 1 is 1.18 bits per heavy atom. The molecule has 2 aliphatic rings. The number of morpholine rings is 1. The monoisotopic (exact) mass is 325 g/mol. The van der Waals surface area contributed by atoms with E-state index in [4.69, 9.17) is 4.74 Å². The molecule has 1 aliphatic heterocycles. The molecule has 2 unspecified atom stereocenters. The largest absolute Gasteiger partial charge is 0.372 e. The second-order valence-corrected chi connectivity index (χ2v) is 6.55. The molecule has 1 aromatic heterocycles. The van der Waals surface area contributed by atoms with E-state index in [2.05, 4.69) is 41.2 Å². The van der Waals surface area contributed by atoms with E-state index < -0.39 is 0 Å². The van der Waals surface area contributed by atoms with Crippen molar-refractivity contribution >= 4 is 18.2 Å². The number of hydrogen-bond acceptors (Lipinski definition) is 4. The summed E-state index contributed by atoms with van der Waals surface area (Å²) >= 11 is 0. The number of nitrogens with one attached hydrogen (secondary N) is 1. The molecule has 1 N–H and O–H groups in total. The molecular weight excluding hydrogens is 298 g/mol. The zero-order valence-electron chi connectivity index (χ0n) is 13.6. The topological polar surface area (TPSA) is 37.4 Å². The number of hydrogen-bond donors (Lipinski definition) is 1. The van der Waals surface area contributed by atoms with E-state index in [0.717, 1.165) is 25.5 Å². The highest BCUT2D eigenvalue weighted by atomic mass is 35.5. The van der Waals surface area contributed by atoms with Crippen LogP contribution in [0.15, 0.2) is 18.3 Å². The van der Waals surface area contributed by atoms with Gasteiger partial charge in [-0.05, 0) is 38.3 Å². The van der Waals surface area contributed by atoms with Crippen LogP contribution in [0.4, 0.5) is 5.82 Å². The number of nitrogens with zero attached hydrogens (tertiary/aromatic N) is 2. The molecule has 22 heavy (non-hydrogen) atoms. The number of aromatic nitrogens is 1. The molecule has 5 heteroatoms. The van der Waals surface area contributed by atoms with Gasteiger partial charge in [-0.1, -0.05) is 18.9 Å². The van der Waals surface area contributed by atoms with Crippen molar-refractivity contribution in [2.24, 2.45) is 0 Å². The van der Waals surface area contributed by atoms with Crippen LogP contribution < -0.4 is 10.2 Å². The zero-order chi connectivity index (χ0) is 14.7. The van der Waals surface area contributed by atoms with Crippen LogP contribution in [-0.2, 0) is 11.3 Å². The van der Waals surface area contributed by atoms with Crippen molar-refractivity contribution in [3.05, 3.63) is 23.9 Å². The average Bonchev–Trinajstić information content (AvgIpc) is 2.98. The van der Waals surface area contributed by atoms with Gasteiger partial charge in [-0.15, -0.1) is 12.4 Å². The van der Waals surface area contributed by atoms with Crippen LogP contribution in [0.5, 0.6) is 0 Å². The van der Waals surface area contributed by atoms with Crippen molar-refractivity contribution in [3.8, 4) is 0 Å².